The predicted molar refractivity (Wildman–Crippen MR) is 56.3 cm³/mol. The lowest BCUT2D eigenvalue weighted by molar-refractivity contribution is 0.0344. The fourth-order valence-electron chi connectivity index (χ4n) is 2.04. The molecule has 16 heavy (non-hydrogen) atoms. The normalized spacial score (nSPS) is 18.4. The molecule has 0 amide bonds. The molecule has 0 spiro atoms. The van der Waals surface area contributed by atoms with Gasteiger partial charge in [-0.2, -0.15) is 0 Å². The lowest BCUT2D eigenvalue weighted by Gasteiger charge is -2.20. The summed E-state index contributed by atoms with van der Waals surface area (Å²) in [6.07, 6.45) is 5.59. The van der Waals surface area contributed by atoms with E-state index in [1.54, 1.807) is 0 Å². The Kier molecular flexibility index (Phi) is 2.87. The van der Waals surface area contributed by atoms with E-state index in [4.69, 9.17) is 4.74 Å². The highest BCUT2D eigenvalue weighted by Gasteiger charge is 2.41. The van der Waals surface area contributed by atoms with Crippen molar-refractivity contribution in [1.29, 1.82) is 0 Å². The van der Waals surface area contributed by atoms with Crippen LogP contribution in [0, 0.1) is 0 Å². The second-order valence-corrected chi connectivity index (χ2v) is 3.98. The number of rotatable bonds is 3. The van der Waals surface area contributed by atoms with Gasteiger partial charge in [-0.3, -0.25) is 4.79 Å². The van der Waals surface area contributed by atoms with Crippen LogP contribution in [0.4, 0.5) is 0 Å². The first kappa shape index (κ1) is 11.0. The second kappa shape index (κ2) is 4.17. The van der Waals surface area contributed by atoms with Crippen molar-refractivity contribution in [2.75, 3.05) is 7.11 Å². The highest BCUT2D eigenvalue weighted by molar-refractivity contribution is 6.02. The summed E-state index contributed by atoms with van der Waals surface area (Å²) < 4.78 is 4.97. The van der Waals surface area contributed by atoms with Gasteiger partial charge in [-0.25, -0.2) is 9.97 Å². The summed E-state index contributed by atoms with van der Waals surface area (Å²) in [5.41, 5.74) is -1.15. The van der Waals surface area contributed by atoms with E-state index in [1.807, 2.05) is 0 Å². The third-order valence-electron chi connectivity index (χ3n) is 2.93. The van der Waals surface area contributed by atoms with Gasteiger partial charge in [0.1, 0.15) is 5.60 Å². The maximum Gasteiger partial charge on any atom is 0.243 e. The number of carbonyl (C=O) groups excluding carboxylic acids is 1. The van der Waals surface area contributed by atoms with Crippen LogP contribution in [0.1, 0.15) is 36.2 Å². The molecule has 1 saturated carbocycles. The molecular formula is C11H14N2O3. The van der Waals surface area contributed by atoms with E-state index in [9.17, 15) is 9.90 Å². The van der Waals surface area contributed by atoms with Crippen molar-refractivity contribution in [3.8, 4) is 5.88 Å². The largest absolute Gasteiger partial charge is 0.479 e. The van der Waals surface area contributed by atoms with Crippen molar-refractivity contribution in [2.24, 2.45) is 0 Å². The fourth-order valence-corrected chi connectivity index (χ4v) is 2.04. The van der Waals surface area contributed by atoms with Gasteiger partial charge in [-0.15, -0.1) is 0 Å². The molecule has 5 heteroatoms. The Morgan fingerprint density at radius 3 is 2.62 bits per heavy atom. The Balaban J connectivity index is 2.33. The van der Waals surface area contributed by atoms with Crippen LogP contribution >= 0.6 is 0 Å². The first-order valence-electron chi connectivity index (χ1n) is 5.29. The van der Waals surface area contributed by atoms with E-state index >= 15 is 0 Å². The predicted octanol–water partition coefficient (Wildman–Crippen LogP) is 0.973. The Morgan fingerprint density at radius 1 is 1.38 bits per heavy atom. The molecular weight excluding hydrogens is 208 g/mol. The zero-order chi connectivity index (χ0) is 11.6. The molecule has 1 aromatic rings. The number of ether oxygens (including phenoxy) is 1. The van der Waals surface area contributed by atoms with Crippen molar-refractivity contribution in [3.63, 3.8) is 0 Å². The number of methoxy groups -OCH3 is 1. The molecule has 0 radical (unpaired) electrons. The van der Waals surface area contributed by atoms with Crippen LogP contribution in [0.25, 0.3) is 0 Å². The zero-order valence-corrected chi connectivity index (χ0v) is 9.14. The van der Waals surface area contributed by atoms with Gasteiger partial charge < -0.3 is 9.84 Å². The summed E-state index contributed by atoms with van der Waals surface area (Å²) >= 11 is 0. The minimum atomic E-state index is -1.27. The molecule has 0 unspecified atom stereocenters. The van der Waals surface area contributed by atoms with Gasteiger partial charge in [-0.05, 0) is 25.7 Å². The Hall–Kier alpha value is -1.49. The van der Waals surface area contributed by atoms with Crippen molar-refractivity contribution in [3.05, 3.63) is 18.1 Å². The van der Waals surface area contributed by atoms with Gasteiger partial charge in [-0.1, -0.05) is 0 Å². The maximum atomic E-state index is 12.1. The van der Waals surface area contributed by atoms with E-state index in [-0.39, 0.29) is 17.4 Å². The van der Waals surface area contributed by atoms with Gasteiger partial charge in [0.15, 0.2) is 5.69 Å². The summed E-state index contributed by atoms with van der Waals surface area (Å²) in [7, 11) is 1.43. The lowest BCUT2D eigenvalue weighted by Crippen LogP contribution is -2.36. The molecule has 0 bridgehead atoms. The molecule has 5 nitrogen and oxygen atoms in total. The quantitative estimate of drug-likeness (QED) is 0.771. The van der Waals surface area contributed by atoms with Crippen molar-refractivity contribution in [1.82, 2.24) is 9.97 Å². The molecule has 2 rings (SSSR count). The number of ketones is 1. The standard InChI is InChI=1S/C11H14N2O3/c1-16-10-8(12-6-7-13-10)9(14)11(15)4-2-3-5-11/h6-7,15H,2-5H2,1H3. The molecule has 1 fully saturated rings. The molecule has 1 aliphatic carbocycles. The Labute approximate surface area is 93.5 Å². The van der Waals surface area contributed by atoms with Crippen LogP contribution in [-0.2, 0) is 0 Å². The SMILES string of the molecule is COc1nccnc1C(=O)C1(O)CCCC1. The second-order valence-electron chi connectivity index (χ2n) is 3.98. The molecule has 1 heterocycles. The van der Waals surface area contributed by atoms with Gasteiger partial charge in [0.05, 0.1) is 7.11 Å². The van der Waals surface area contributed by atoms with Gasteiger partial charge in [0.2, 0.25) is 11.7 Å². The van der Waals surface area contributed by atoms with Crippen LogP contribution in [0.5, 0.6) is 5.88 Å². The monoisotopic (exact) mass is 222 g/mol. The number of aliphatic hydroxyl groups is 1. The third kappa shape index (κ3) is 1.78. The molecule has 0 aromatic carbocycles. The Bertz CT molecular complexity index is 400. The summed E-state index contributed by atoms with van der Waals surface area (Å²) in [5.74, 6) is -0.206. The molecule has 0 aliphatic heterocycles. The van der Waals surface area contributed by atoms with E-state index in [2.05, 4.69) is 9.97 Å². The first-order valence-corrected chi connectivity index (χ1v) is 5.29. The minimum absolute atomic E-state index is 0.120. The number of carbonyl (C=O) groups is 1. The molecule has 0 atom stereocenters. The molecule has 1 N–H and O–H groups in total. The smallest absolute Gasteiger partial charge is 0.243 e. The van der Waals surface area contributed by atoms with Gasteiger partial charge in [0.25, 0.3) is 0 Å². The van der Waals surface area contributed by atoms with E-state index < -0.39 is 5.60 Å². The average molecular weight is 222 g/mol. The van der Waals surface area contributed by atoms with Crippen molar-refractivity contribution >= 4 is 5.78 Å². The Morgan fingerprint density at radius 2 is 2.00 bits per heavy atom. The van der Waals surface area contributed by atoms with Crippen LogP contribution in [0.2, 0.25) is 0 Å². The summed E-state index contributed by atoms with van der Waals surface area (Å²) in [6, 6.07) is 0. The molecule has 0 saturated heterocycles. The highest BCUT2D eigenvalue weighted by Crippen LogP contribution is 2.33. The number of nitrogens with zero attached hydrogens (tertiary/aromatic N) is 2. The lowest BCUT2D eigenvalue weighted by atomic mass is 9.94. The summed E-state index contributed by atoms with van der Waals surface area (Å²) in [5, 5.41) is 10.2. The first-order chi connectivity index (χ1) is 7.67. The van der Waals surface area contributed by atoms with Crippen LogP contribution in [-0.4, -0.2) is 33.6 Å². The van der Waals surface area contributed by atoms with Gasteiger partial charge in [0, 0.05) is 12.4 Å². The van der Waals surface area contributed by atoms with Gasteiger partial charge >= 0.3 is 0 Å². The van der Waals surface area contributed by atoms with Crippen LogP contribution in [0.15, 0.2) is 12.4 Å². The number of hydrogen-bond acceptors (Lipinski definition) is 5. The van der Waals surface area contributed by atoms with Crippen LogP contribution in [0.3, 0.4) is 0 Å². The maximum absolute atomic E-state index is 12.1. The number of Topliss-reactive ketones (excluding diaryl/α,β-unsaturated/α-hetero) is 1. The average Bonchev–Trinajstić information content (AvgIpc) is 2.76. The topological polar surface area (TPSA) is 72.3 Å². The van der Waals surface area contributed by atoms with E-state index in [1.165, 1.54) is 19.5 Å². The minimum Gasteiger partial charge on any atom is -0.479 e. The number of aromatic nitrogens is 2. The molecule has 1 aromatic heterocycles. The van der Waals surface area contributed by atoms with E-state index in [0.717, 1.165) is 12.8 Å². The summed E-state index contributed by atoms with van der Waals surface area (Å²) in [4.78, 5) is 20.0. The molecule has 86 valence electrons. The summed E-state index contributed by atoms with van der Waals surface area (Å²) in [6.45, 7) is 0. The van der Waals surface area contributed by atoms with Crippen molar-refractivity contribution in [2.45, 2.75) is 31.3 Å². The zero-order valence-electron chi connectivity index (χ0n) is 9.14. The van der Waals surface area contributed by atoms with Crippen molar-refractivity contribution < 1.29 is 14.6 Å². The fraction of sp³-hybridized carbons (Fsp3) is 0.545. The number of hydrogen-bond donors (Lipinski definition) is 1. The van der Waals surface area contributed by atoms with E-state index in [0.29, 0.717) is 12.8 Å². The highest BCUT2D eigenvalue weighted by atomic mass is 16.5. The molecule has 1 aliphatic rings. The van der Waals surface area contributed by atoms with Crippen LogP contribution < -0.4 is 4.74 Å². The third-order valence-corrected chi connectivity index (χ3v) is 2.93.